The topological polar surface area (TPSA) is 0 Å². The fourth-order valence-electron chi connectivity index (χ4n) is 1.23. The number of allylic oxidation sites excluding steroid dienone is 4. The Balaban J connectivity index is 0. The van der Waals surface area contributed by atoms with E-state index in [1.54, 1.807) is 6.92 Å². The van der Waals surface area contributed by atoms with E-state index in [2.05, 4.69) is 57.2 Å². The van der Waals surface area contributed by atoms with Crippen molar-refractivity contribution in [2.75, 3.05) is 0 Å². The molecule has 0 aliphatic heterocycles. The number of hydrogen-bond acceptors (Lipinski definition) is 0. The van der Waals surface area contributed by atoms with E-state index >= 15 is 0 Å². The molecule has 0 bridgehead atoms. The van der Waals surface area contributed by atoms with Crippen molar-refractivity contribution in [3.8, 4) is 0 Å². The summed E-state index contributed by atoms with van der Waals surface area (Å²) in [4.78, 5) is 0. The van der Waals surface area contributed by atoms with Gasteiger partial charge >= 0.3 is 19.5 Å². The first-order valence-corrected chi connectivity index (χ1v) is 4.98. The molecule has 0 fully saturated rings. The van der Waals surface area contributed by atoms with Gasteiger partial charge in [0.05, 0.1) is 0 Å². The first kappa shape index (κ1) is 16.9. The number of hydrogen-bond donors (Lipinski definition) is 0. The quantitative estimate of drug-likeness (QED) is 0.423. The predicted molar refractivity (Wildman–Crippen MR) is 66.1 cm³/mol. The van der Waals surface area contributed by atoms with Crippen LogP contribution in [0.1, 0.15) is 33.3 Å². The van der Waals surface area contributed by atoms with Crippen molar-refractivity contribution in [3.05, 3.63) is 54.5 Å². The normalized spacial score (nSPS) is 11.3. The van der Waals surface area contributed by atoms with Crippen LogP contribution in [-0.2, 0) is 19.5 Å². The molecule has 0 unspecified atom stereocenters. The third kappa shape index (κ3) is 5.79. The standard InChI is InChI=1S/C12H15.C2H5.Ru/c1-4-7-10(2)11(3)12-8-5-6-9-12;1-2;/h4-9H,1-3H3;1H2,2H3;/q2*-1;+2. The third-order valence-electron chi connectivity index (χ3n) is 2.10. The van der Waals surface area contributed by atoms with Gasteiger partial charge in [-0.15, -0.1) is 5.57 Å². The van der Waals surface area contributed by atoms with Gasteiger partial charge in [0.1, 0.15) is 0 Å². The Labute approximate surface area is 107 Å². The fourth-order valence-corrected chi connectivity index (χ4v) is 1.23. The molecule has 0 heterocycles. The predicted octanol–water partition coefficient (Wildman–Crippen LogP) is 4.61. The van der Waals surface area contributed by atoms with Crippen molar-refractivity contribution < 1.29 is 19.5 Å². The molecule has 84 valence electrons. The molecule has 0 aliphatic carbocycles. The van der Waals surface area contributed by atoms with Gasteiger partial charge in [0.25, 0.3) is 0 Å². The van der Waals surface area contributed by atoms with Gasteiger partial charge in [-0.05, 0) is 13.8 Å². The Morgan fingerprint density at radius 1 is 1.33 bits per heavy atom. The summed E-state index contributed by atoms with van der Waals surface area (Å²) in [5, 5.41) is 0. The average Bonchev–Trinajstić information content (AvgIpc) is 2.73. The molecule has 1 aromatic carbocycles. The summed E-state index contributed by atoms with van der Waals surface area (Å²) >= 11 is 0. The maximum Gasteiger partial charge on any atom is 2.00 e. The van der Waals surface area contributed by atoms with Crippen LogP contribution in [0.5, 0.6) is 0 Å². The Hall–Kier alpha value is -0.547. The van der Waals surface area contributed by atoms with E-state index < -0.39 is 0 Å². The van der Waals surface area contributed by atoms with E-state index in [0.717, 1.165) is 0 Å². The molecule has 15 heavy (non-hydrogen) atoms. The average molecular weight is 289 g/mol. The molecule has 0 spiro atoms. The summed E-state index contributed by atoms with van der Waals surface area (Å²) in [5.74, 6) is 0. The van der Waals surface area contributed by atoms with Gasteiger partial charge < -0.3 is 6.92 Å². The molecule has 0 radical (unpaired) electrons. The van der Waals surface area contributed by atoms with Gasteiger partial charge in [0.15, 0.2) is 0 Å². The van der Waals surface area contributed by atoms with E-state index in [1.807, 2.05) is 6.92 Å². The summed E-state index contributed by atoms with van der Waals surface area (Å²) in [6, 6.07) is 8.42. The van der Waals surface area contributed by atoms with Crippen LogP contribution in [-0.4, -0.2) is 0 Å². The van der Waals surface area contributed by atoms with Crippen molar-refractivity contribution in [1.82, 2.24) is 0 Å². The second-order valence-corrected chi connectivity index (χ2v) is 2.98. The summed E-state index contributed by atoms with van der Waals surface area (Å²) in [5.41, 5.74) is 4.02. The van der Waals surface area contributed by atoms with E-state index in [9.17, 15) is 0 Å². The second-order valence-electron chi connectivity index (χ2n) is 2.98. The molecule has 0 amide bonds. The van der Waals surface area contributed by atoms with Crippen molar-refractivity contribution in [3.63, 3.8) is 0 Å². The van der Waals surface area contributed by atoms with E-state index in [4.69, 9.17) is 0 Å². The van der Waals surface area contributed by atoms with Crippen molar-refractivity contribution in [2.24, 2.45) is 0 Å². The molecular formula is C14H20Ru. The van der Waals surface area contributed by atoms with Gasteiger partial charge in [-0.25, -0.2) is 6.07 Å². The maximum atomic E-state index is 3.25. The zero-order valence-corrected chi connectivity index (χ0v) is 11.8. The van der Waals surface area contributed by atoms with Crippen LogP contribution in [0.4, 0.5) is 0 Å². The zero-order valence-electron chi connectivity index (χ0n) is 10.0. The van der Waals surface area contributed by atoms with Crippen molar-refractivity contribution >= 4 is 5.57 Å². The molecule has 1 rings (SSSR count). The van der Waals surface area contributed by atoms with Gasteiger partial charge in [0.2, 0.25) is 0 Å². The molecule has 0 saturated heterocycles. The van der Waals surface area contributed by atoms with Crippen molar-refractivity contribution in [1.29, 1.82) is 0 Å². The third-order valence-corrected chi connectivity index (χ3v) is 2.10. The largest absolute Gasteiger partial charge is 2.00 e. The van der Waals surface area contributed by atoms with Gasteiger partial charge in [-0.2, -0.15) is 30.7 Å². The zero-order chi connectivity index (χ0) is 11.0. The molecule has 0 aromatic heterocycles. The summed E-state index contributed by atoms with van der Waals surface area (Å²) in [6.45, 7) is 11.3. The van der Waals surface area contributed by atoms with Crippen LogP contribution in [0, 0.1) is 6.92 Å². The van der Waals surface area contributed by atoms with Crippen LogP contribution >= 0.6 is 0 Å². The molecule has 0 atom stereocenters. The minimum atomic E-state index is 0. The van der Waals surface area contributed by atoms with Crippen LogP contribution in [0.2, 0.25) is 0 Å². The van der Waals surface area contributed by atoms with Gasteiger partial charge in [-0.3, -0.25) is 0 Å². The Kier molecular flexibility index (Phi) is 11.2. The van der Waals surface area contributed by atoms with Gasteiger partial charge in [0, 0.05) is 0 Å². The molecular weight excluding hydrogens is 269 g/mol. The molecule has 1 heteroatoms. The van der Waals surface area contributed by atoms with Gasteiger partial charge in [-0.1, -0.05) is 24.6 Å². The van der Waals surface area contributed by atoms with Crippen LogP contribution in [0.3, 0.4) is 0 Å². The van der Waals surface area contributed by atoms with Crippen LogP contribution < -0.4 is 0 Å². The maximum absolute atomic E-state index is 3.25. The minimum absolute atomic E-state index is 0. The molecule has 0 nitrogen and oxygen atoms in total. The minimum Gasteiger partial charge on any atom is -0.346 e. The molecule has 0 saturated carbocycles. The first-order chi connectivity index (χ1) is 6.75. The Morgan fingerprint density at radius 3 is 2.33 bits per heavy atom. The molecule has 0 N–H and O–H groups in total. The summed E-state index contributed by atoms with van der Waals surface area (Å²) < 4.78 is 0. The smallest absolute Gasteiger partial charge is 0.346 e. The SMILES string of the molecule is CC=CC(C)=C(C)c1cc[cH-]c1.[CH2-]C.[Ru+2]. The van der Waals surface area contributed by atoms with E-state index in [0.29, 0.717) is 0 Å². The first-order valence-electron chi connectivity index (χ1n) is 4.98. The summed E-state index contributed by atoms with van der Waals surface area (Å²) in [6.07, 6.45) is 4.21. The molecule has 1 aromatic rings. The number of rotatable bonds is 2. The Bertz CT molecular complexity index is 289. The molecule has 0 aliphatic rings. The van der Waals surface area contributed by atoms with E-state index in [1.165, 1.54) is 16.7 Å². The van der Waals surface area contributed by atoms with E-state index in [-0.39, 0.29) is 19.5 Å². The van der Waals surface area contributed by atoms with Crippen LogP contribution in [0.15, 0.2) is 42.0 Å². The summed E-state index contributed by atoms with van der Waals surface area (Å²) in [7, 11) is 0. The second kappa shape index (κ2) is 9.99. The monoisotopic (exact) mass is 290 g/mol. The van der Waals surface area contributed by atoms with Crippen molar-refractivity contribution in [2.45, 2.75) is 27.7 Å². The fraction of sp³-hybridized carbons (Fsp3) is 0.286. The van der Waals surface area contributed by atoms with Crippen LogP contribution in [0.25, 0.3) is 5.57 Å². The Morgan fingerprint density at radius 2 is 1.93 bits per heavy atom.